The Kier molecular flexibility index (Phi) is 14.0. The summed E-state index contributed by atoms with van der Waals surface area (Å²) in [5, 5.41) is 2.45. The molecule has 0 aliphatic rings. The fourth-order valence-corrected chi connectivity index (χ4v) is 12.1. The van der Waals surface area contributed by atoms with Gasteiger partial charge in [0.15, 0.2) is 17.5 Å². The van der Waals surface area contributed by atoms with Crippen molar-refractivity contribution in [1.82, 2.24) is 19.5 Å². The Labute approximate surface area is 510 Å². The summed E-state index contributed by atoms with van der Waals surface area (Å²) in [5.74, 6) is 1.73. The molecular weight excluding hydrogens is 1050 g/mol. The van der Waals surface area contributed by atoms with Crippen LogP contribution < -0.4 is 0 Å². The van der Waals surface area contributed by atoms with Crippen molar-refractivity contribution in [2.24, 2.45) is 0 Å². The Balaban J connectivity index is 1.08. The van der Waals surface area contributed by atoms with Crippen molar-refractivity contribution in [2.45, 2.75) is 52.4 Å². The zero-order chi connectivity index (χ0) is 59.2. The molecule has 2 aromatic heterocycles. The Morgan fingerprint density at radius 3 is 0.828 bits per heavy atom. The van der Waals surface area contributed by atoms with Crippen LogP contribution in [-0.2, 0) is 10.8 Å². The minimum absolute atomic E-state index is 0.0681. The quantitative estimate of drug-likeness (QED) is 0.130. The van der Waals surface area contributed by atoms with Crippen LogP contribution in [0, 0.1) is 0 Å². The summed E-state index contributed by atoms with van der Waals surface area (Å²) in [6, 6.07) is 105. The van der Waals surface area contributed by atoms with E-state index < -0.39 is 0 Å². The summed E-state index contributed by atoms with van der Waals surface area (Å²) < 4.78 is 2.53. The molecule has 0 bridgehead atoms. The SMILES string of the molecule is CC(C)(C)c1ccc2c(c1)c1cc(C(C)(C)C)ccc1n2-c1c(-c2ccc(-c3ccccc3)cc2)cc(-c2nc(-c3ccc(-c4ccccc4)cc3)nc(-c3cc(-c4ccccc4)cc(-c4ccccc4)c3)n2)cc1-c1ccc(-c2ccccc2)cc1. The molecule has 0 fully saturated rings. The van der Waals surface area contributed by atoms with Gasteiger partial charge in [0.2, 0.25) is 0 Å². The van der Waals surface area contributed by atoms with E-state index in [1.807, 2.05) is 0 Å². The van der Waals surface area contributed by atoms with Crippen molar-refractivity contribution < 1.29 is 0 Å². The lowest BCUT2D eigenvalue weighted by molar-refractivity contribution is 0.590. The molecule has 0 aliphatic heterocycles. The van der Waals surface area contributed by atoms with E-state index in [-0.39, 0.29) is 10.8 Å². The molecule has 0 amide bonds. The van der Waals surface area contributed by atoms with Crippen LogP contribution in [0.2, 0.25) is 0 Å². The minimum Gasteiger partial charge on any atom is -0.308 e. The van der Waals surface area contributed by atoms with Crippen LogP contribution in [0.5, 0.6) is 0 Å². The number of fused-ring (bicyclic) bond motifs is 3. The third-order valence-electron chi connectivity index (χ3n) is 17.0. The first-order valence-corrected chi connectivity index (χ1v) is 30.1. The Morgan fingerprint density at radius 2 is 0.494 bits per heavy atom. The third kappa shape index (κ3) is 10.9. The summed E-state index contributed by atoms with van der Waals surface area (Å²) in [4.78, 5) is 16.7. The van der Waals surface area contributed by atoms with E-state index in [2.05, 4.69) is 337 Å². The van der Waals surface area contributed by atoms with Crippen LogP contribution in [0.15, 0.2) is 291 Å². The second-order valence-corrected chi connectivity index (χ2v) is 24.9. The van der Waals surface area contributed by atoms with Crippen molar-refractivity contribution in [3.63, 3.8) is 0 Å². The average Bonchev–Trinajstić information content (AvgIpc) is 1.81. The molecule has 14 aromatic rings. The van der Waals surface area contributed by atoms with Crippen LogP contribution in [-0.4, -0.2) is 19.5 Å². The molecule has 0 saturated heterocycles. The molecule has 0 N–H and O–H groups in total. The molecule has 418 valence electrons. The normalized spacial score (nSPS) is 11.8. The van der Waals surface area contributed by atoms with Crippen molar-refractivity contribution in [2.75, 3.05) is 0 Å². The maximum atomic E-state index is 5.64. The molecule has 0 aliphatic carbocycles. The summed E-state index contributed by atoms with van der Waals surface area (Å²) >= 11 is 0. The minimum atomic E-state index is -0.0681. The van der Waals surface area contributed by atoms with E-state index in [9.17, 15) is 0 Å². The zero-order valence-electron chi connectivity index (χ0n) is 50.0. The molecule has 87 heavy (non-hydrogen) atoms. The van der Waals surface area contributed by atoms with Gasteiger partial charge in [-0.15, -0.1) is 0 Å². The predicted molar refractivity (Wildman–Crippen MR) is 366 cm³/mol. The van der Waals surface area contributed by atoms with Gasteiger partial charge in [0.1, 0.15) is 0 Å². The first kappa shape index (κ1) is 54.4. The monoisotopic (exact) mass is 1120 g/mol. The lowest BCUT2D eigenvalue weighted by atomic mass is 9.85. The number of hydrogen-bond acceptors (Lipinski definition) is 3. The Bertz CT molecular complexity index is 4550. The van der Waals surface area contributed by atoms with Gasteiger partial charge in [-0.05, 0) is 143 Å². The second kappa shape index (κ2) is 22.5. The van der Waals surface area contributed by atoms with Gasteiger partial charge < -0.3 is 4.57 Å². The highest BCUT2D eigenvalue weighted by molar-refractivity contribution is 6.11. The third-order valence-corrected chi connectivity index (χ3v) is 17.0. The standard InChI is InChI=1S/C83H66N4/c1-82(2,3)70-44-46-76-74(53-70)75-54-71(83(4,5)6)45-47-77(75)87(76)78-72(63-38-32-60(33-39-63)55-22-12-7-13-23-55)51-69(52-73(78)64-40-34-61(35-41-64)56-24-14-8-15-25-56)81-85-79(65-42-36-62(37-43-65)57-26-16-9-17-27-57)84-80(86-81)68-49-66(58-28-18-10-19-29-58)48-67(50-68)59-30-20-11-21-31-59/h7-54H,1-6H3. The van der Waals surface area contributed by atoms with Crippen LogP contribution in [0.4, 0.5) is 0 Å². The summed E-state index contributed by atoms with van der Waals surface area (Å²) in [6.45, 7) is 13.8. The summed E-state index contributed by atoms with van der Waals surface area (Å²) in [7, 11) is 0. The molecule has 2 heterocycles. The van der Waals surface area contributed by atoms with Crippen LogP contribution >= 0.6 is 0 Å². The average molecular weight is 1120 g/mol. The van der Waals surface area contributed by atoms with Gasteiger partial charge in [-0.1, -0.05) is 278 Å². The molecule has 0 saturated carbocycles. The summed E-state index contributed by atoms with van der Waals surface area (Å²) in [5.41, 5.74) is 23.9. The molecule has 0 radical (unpaired) electrons. The lowest BCUT2D eigenvalue weighted by Crippen LogP contribution is -2.10. The molecule has 4 nitrogen and oxygen atoms in total. The second-order valence-electron chi connectivity index (χ2n) is 24.9. The van der Waals surface area contributed by atoms with Gasteiger partial charge >= 0.3 is 0 Å². The zero-order valence-corrected chi connectivity index (χ0v) is 50.0. The topological polar surface area (TPSA) is 43.6 Å². The molecule has 0 unspecified atom stereocenters. The maximum Gasteiger partial charge on any atom is 0.164 e. The largest absolute Gasteiger partial charge is 0.308 e. The molecule has 0 spiro atoms. The highest BCUT2D eigenvalue weighted by Crippen LogP contribution is 2.46. The lowest BCUT2D eigenvalue weighted by Gasteiger charge is -2.22. The van der Waals surface area contributed by atoms with Gasteiger partial charge in [0, 0.05) is 38.6 Å². The van der Waals surface area contributed by atoms with Gasteiger partial charge in [-0.2, -0.15) is 0 Å². The van der Waals surface area contributed by atoms with E-state index in [0.29, 0.717) is 17.5 Å². The number of benzene rings is 12. The fourth-order valence-electron chi connectivity index (χ4n) is 12.1. The first-order valence-electron chi connectivity index (χ1n) is 30.1. The molecule has 0 atom stereocenters. The van der Waals surface area contributed by atoms with Gasteiger partial charge in [-0.3, -0.25) is 0 Å². The van der Waals surface area contributed by atoms with Gasteiger partial charge in [0.05, 0.1) is 16.7 Å². The fraction of sp³-hybridized carbons (Fsp3) is 0.0964. The van der Waals surface area contributed by atoms with Crippen molar-refractivity contribution in [3.05, 3.63) is 302 Å². The van der Waals surface area contributed by atoms with E-state index in [1.54, 1.807) is 0 Å². The molecule has 4 heteroatoms. The number of aromatic nitrogens is 4. The Morgan fingerprint density at radius 1 is 0.230 bits per heavy atom. The summed E-state index contributed by atoms with van der Waals surface area (Å²) in [6.07, 6.45) is 0. The highest BCUT2D eigenvalue weighted by atomic mass is 15.0. The number of rotatable bonds is 11. The van der Waals surface area contributed by atoms with E-state index in [4.69, 9.17) is 15.0 Å². The van der Waals surface area contributed by atoms with Gasteiger partial charge in [0.25, 0.3) is 0 Å². The van der Waals surface area contributed by atoms with E-state index >= 15 is 0 Å². The van der Waals surface area contributed by atoms with Crippen LogP contribution in [0.1, 0.15) is 52.7 Å². The molecule has 12 aromatic carbocycles. The van der Waals surface area contributed by atoms with Crippen molar-refractivity contribution >= 4 is 21.8 Å². The Hall–Kier alpha value is -10.6. The predicted octanol–water partition coefficient (Wildman–Crippen LogP) is 22.2. The molecule has 14 rings (SSSR count). The highest BCUT2D eigenvalue weighted by Gasteiger charge is 2.26. The van der Waals surface area contributed by atoms with Crippen LogP contribution in [0.3, 0.4) is 0 Å². The number of nitrogens with zero attached hydrogens (tertiary/aromatic N) is 4. The molecular formula is C83H66N4. The van der Waals surface area contributed by atoms with Crippen LogP contribution in [0.25, 0.3) is 140 Å². The smallest absolute Gasteiger partial charge is 0.164 e. The van der Waals surface area contributed by atoms with Crippen molar-refractivity contribution in [3.8, 4) is 118 Å². The van der Waals surface area contributed by atoms with E-state index in [0.717, 1.165) is 111 Å². The first-order chi connectivity index (χ1) is 42.4. The maximum absolute atomic E-state index is 5.64. The van der Waals surface area contributed by atoms with Crippen molar-refractivity contribution in [1.29, 1.82) is 0 Å². The number of hydrogen-bond donors (Lipinski definition) is 0. The van der Waals surface area contributed by atoms with E-state index in [1.165, 1.54) is 21.9 Å². The van der Waals surface area contributed by atoms with Gasteiger partial charge in [-0.25, -0.2) is 15.0 Å².